The second kappa shape index (κ2) is 7.62. The summed E-state index contributed by atoms with van der Waals surface area (Å²) in [4.78, 5) is 4.35. The molecule has 1 aliphatic rings. The maximum atomic E-state index is 12.8. The molecule has 6 heteroatoms. The van der Waals surface area contributed by atoms with Crippen LogP contribution in [0.1, 0.15) is 24.7 Å². The van der Waals surface area contributed by atoms with E-state index in [1.807, 2.05) is 0 Å². The zero-order valence-corrected chi connectivity index (χ0v) is 12.5. The molecule has 110 valence electrons. The summed E-state index contributed by atoms with van der Waals surface area (Å²) in [5.74, 6) is 1.68. The minimum Gasteiger partial charge on any atom is -0.440 e. The first-order chi connectivity index (χ1) is 8.83. The second-order valence-corrected chi connectivity index (χ2v) is 4.59. The predicted molar refractivity (Wildman–Crippen MR) is 81.2 cm³/mol. The fourth-order valence-corrected chi connectivity index (χ4v) is 2.29. The van der Waals surface area contributed by atoms with E-state index < -0.39 is 0 Å². The quantitative estimate of drug-likeness (QED) is 0.915. The first-order valence-electron chi connectivity index (χ1n) is 6.25. The monoisotopic (exact) mass is 318 g/mol. The van der Waals surface area contributed by atoms with Crippen LogP contribution in [0.4, 0.5) is 4.39 Å². The number of nitrogens with one attached hydrogen (secondary N) is 1. The molecule has 0 spiro atoms. The van der Waals surface area contributed by atoms with E-state index in [-0.39, 0.29) is 30.6 Å². The smallest absolute Gasteiger partial charge is 0.198 e. The van der Waals surface area contributed by atoms with Gasteiger partial charge in [0.05, 0.1) is 6.20 Å². The van der Waals surface area contributed by atoms with E-state index in [9.17, 15) is 4.39 Å². The molecule has 3 rings (SSSR count). The molecule has 1 aromatic heterocycles. The summed E-state index contributed by atoms with van der Waals surface area (Å²) in [6, 6.07) is 6.29. The lowest BCUT2D eigenvalue weighted by Crippen LogP contribution is -2.26. The fraction of sp³-hybridized carbons (Fsp3) is 0.357. The number of hydrogen-bond acceptors (Lipinski definition) is 3. The number of halogens is 3. The van der Waals surface area contributed by atoms with Crippen molar-refractivity contribution in [2.75, 3.05) is 13.1 Å². The highest BCUT2D eigenvalue weighted by molar-refractivity contribution is 5.85. The van der Waals surface area contributed by atoms with Crippen molar-refractivity contribution in [3.63, 3.8) is 0 Å². The molecule has 1 fully saturated rings. The average Bonchev–Trinajstić information content (AvgIpc) is 2.90. The summed E-state index contributed by atoms with van der Waals surface area (Å²) in [6.07, 6.45) is 3.84. The van der Waals surface area contributed by atoms with Gasteiger partial charge < -0.3 is 9.73 Å². The topological polar surface area (TPSA) is 38.1 Å². The summed E-state index contributed by atoms with van der Waals surface area (Å²) in [5, 5.41) is 3.32. The Morgan fingerprint density at radius 2 is 1.75 bits per heavy atom. The fourth-order valence-electron chi connectivity index (χ4n) is 2.29. The van der Waals surface area contributed by atoms with Gasteiger partial charge in [-0.3, -0.25) is 0 Å². The summed E-state index contributed by atoms with van der Waals surface area (Å²) in [6.45, 7) is 2.03. The summed E-state index contributed by atoms with van der Waals surface area (Å²) in [5.41, 5.74) is 0.865. The predicted octanol–water partition coefficient (Wildman–Crippen LogP) is 3.79. The standard InChI is InChI=1S/C14H15FN2O.2ClH/c15-12-3-1-10(2-4-12)13-9-17-14(18-13)11-5-7-16-8-6-11;;/h1-4,9,11,16H,5-8H2;2*1H. The molecule has 20 heavy (non-hydrogen) atoms. The van der Waals surface area contributed by atoms with Crippen molar-refractivity contribution in [3.05, 3.63) is 42.2 Å². The lowest BCUT2D eigenvalue weighted by Gasteiger charge is -2.19. The van der Waals surface area contributed by atoms with Crippen LogP contribution < -0.4 is 5.32 Å². The molecule has 2 heterocycles. The van der Waals surface area contributed by atoms with Crippen LogP contribution in [0.3, 0.4) is 0 Å². The van der Waals surface area contributed by atoms with E-state index in [1.54, 1.807) is 18.3 Å². The van der Waals surface area contributed by atoms with Crippen LogP contribution >= 0.6 is 24.8 Å². The van der Waals surface area contributed by atoms with Gasteiger partial charge in [-0.05, 0) is 50.2 Å². The van der Waals surface area contributed by atoms with E-state index in [0.29, 0.717) is 11.7 Å². The number of piperidine rings is 1. The van der Waals surface area contributed by atoms with E-state index in [4.69, 9.17) is 4.42 Å². The first kappa shape index (κ1) is 17.0. The van der Waals surface area contributed by atoms with Crippen molar-refractivity contribution in [2.45, 2.75) is 18.8 Å². The van der Waals surface area contributed by atoms with E-state index >= 15 is 0 Å². The van der Waals surface area contributed by atoms with Crippen LogP contribution in [0.15, 0.2) is 34.9 Å². The van der Waals surface area contributed by atoms with Gasteiger partial charge in [-0.2, -0.15) is 0 Å². The molecule has 0 saturated carbocycles. The Morgan fingerprint density at radius 1 is 1.10 bits per heavy atom. The van der Waals surface area contributed by atoms with Crippen molar-refractivity contribution < 1.29 is 8.81 Å². The molecule has 1 aliphatic heterocycles. The number of hydrogen-bond donors (Lipinski definition) is 1. The molecule has 0 radical (unpaired) electrons. The summed E-state index contributed by atoms with van der Waals surface area (Å²) >= 11 is 0. The maximum Gasteiger partial charge on any atom is 0.198 e. The van der Waals surface area contributed by atoms with Crippen LogP contribution in [0, 0.1) is 5.82 Å². The summed E-state index contributed by atoms with van der Waals surface area (Å²) in [7, 11) is 0. The van der Waals surface area contributed by atoms with Gasteiger partial charge in [-0.15, -0.1) is 24.8 Å². The van der Waals surface area contributed by atoms with Crippen molar-refractivity contribution >= 4 is 24.8 Å². The van der Waals surface area contributed by atoms with Crippen LogP contribution in [0.2, 0.25) is 0 Å². The molecule has 1 N–H and O–H groups in total. The SMILES string of the molecule is Cl.Cl.Fc1ccc(-c2cnc(C3CCNCC3)o2)cc1. The van der Waals surface area contributed by atoms with Gasteiger partial charge in [0.25, 0.3) is 0 Å². The highest BCUT2D eigenvalue weighted by atomic mass is 35.5. The molecule has 3 nitrogen and oxygen atoms in total. The largest absolute Gasteiger partial charge is 0.440 e. The minimum atomic E-state index is -0.239. The molecular weight excluding hydrogens is 302 g/mol. The Balaban J connectivity index is 0.000001000. The molecule has 0 bridgehead atoms. The first-order valence-corrected chi connectivity index (χ1v) is 6.25. The maximum absolute atomic E-state index is 12.8. The highest BCUT2D eigenvalue weighted by Crippen LogP contribution is 2.28. The van der Waals surface area contributed by atoms with E-state index in [2.05, 4.69) is 10.3 Å². The van der Waals surface area contributed by atoms with Gasteiger partial charge in [0.2, 0.25) is 0 Å². The van der Waals surface area contributed by atoms with Gasteiger partial charge in [-0.25, -0.2) is 9.37 Å². The molecule has 0 aliphatic carbocycles. The minimum absolute atomic E-state index is 0. The van der Waals surface area contributed by atoms with Crippen molar-refractivity contribution in [2.24, 2.45) is 0 Å². The number of benzene rings is 1. The molecule has 0 amide bonds. The van der Waals surface area contributed by atoms with Gasteiger partial charge in [0.15, 0.2) is 11.7 Å². The highest BCUT2D eigenvalue weighted by Gasteiger charge is 2.20. The third-order valence-electron chi connectivity index (χ3n) is 3.34. The van der Waals surface area contributed by atoms with E-state index in [0.717, 1.165) is 37.4 Å². The van der Waals surface area contributed by atoms with Crippen molar-refractivity contribution in [1.82, 2.24) is 10.3 Å². The van der Waals surface area contributed by atoms with Crippen LogP contribution in [0.25, 0.3) is 11.3 Å². The molecule has 1 aromatic carbocycles. The van der Waals surface area contributed by atoms with Gasteiger partial charge in [0, 0.05) is 11.5 Å². The third kappa shape index (κ3) is 3.72. The van der Waals surface area contributed by atoms with Gasteiger partial charge >= 0.3 is 0 Å². The van der Waals surface area contributed by atoms with Crippen molar-refractivity contribution in [1.29, 1.82) is 0 Å². The second-order valence-electron chi connectivity index (χ2n) is 4.59. The number of oxazole rings is 1. The number of aromatic nitrogens is 1. The number of rotatable bonds is 2. The van der Waals surface area contributed by atoms with Gasteiger partial charge in [-0.1, -0.05) is 0 Å². The Morgan fingerprint density at radius 3 is 2.40 bits per heavy atom. The number of nitrogens with zero attached hydrogens (tertiary/aromatic N) is 1. The zero-order valence-electron chi connectivity index (χ0n) is 10.8. The Hall–Kier alpha value is -1.10. The molecule has 1 saturated heterocycles. The Kier molecular flexibility index (Phi) is 6.46. The molecular formula is C14H17Cl2FN2O. The molecule has 2 aromatic rings. The van der Waals surface area contributed by atoms with Crippen LogP contribution in [-0.2, 0) is 0 Å². The zero-order chi connectivity index (χ0) is 12.4. The Labute approximate surface area is 129 Å². The van der Waals surface area contributed by atoms with Gasteiger partial charge in [0.1, 0.15) is 5.82 Å². The normalized spacial score (nSPS) is 15.2. The van der Waals surface area contributed by atoms with E-state index in [1.165, 1.54) is 12.1 Å². The van der Waals surface area contributed by atoms with Crippen LogP contribution in [0.5, 0.6) is 0 Å². The lowest BCUT2D eigenvalue weighted by atomic mass is 9.98. The molecule has 0 unspecified atom stereocenters. The Bertz CT molecular complexity index is 524. The molecule has 0 atom stereocenters. The van der Waals surface area contributed by atoms with Crippen LogP contribution in [-0.4, -0.2) is 18.1 Å². The summed E-state index contributed by atoms with van der Waals surface area (Å²) < 4.78 is 18.6. The lowest BCUT2D eigenvalue weighted by molar-refractivity contribution is 0.378. The third-order valence-corrected chi connectivity index (χ3v) is 3.34. The van der Waals surface area contributed by atoms with Crippen molar-refractivity contribution in [3.8, 4) is 11.3 Å². The average molecular weight is 319 g/mol.